The van der Waals surface area contributed by atoms with Crippen molar-refractivity contribution in [3.63, 3.8) is 0 Å². The molecule has 0 aromatic carbocycles. The van der Waals surface area contributed by atoms with E-state index in [-0.39, 0.29) is 23.4 Å². The van der Waals surface area contributed by atoms with Crippen LogP contribution >= 0.6 is 0 Å². The van der Waals surface area contributed by atoms with E-state index in [4.69, 9.17) is 9.47 Å². The first kappa shape index (κ1) is 19.2. The molecule has 0 amide bonds. The third kappa shape index (κ3) is 2.25. The highest BCUT2D eigenvalue weighted by atomic mass is 16.7. The van der Waals surface area contributed by atoms with Crippen molar-refractivity contribution in [2.75, 3.05) is 6.61 Å². The van der Waals surface area contributed by atoms with Crippen molar-refractivity contribution >= 4 is 5.97 Å². The Hall–Kier alpha value is -1.17. The minimum atomic E-state index is -1.80. The number of esters is 1. The predicted molar refractivity (Wildman–Crippen MR) is 101 cm³/mol. The first-order chi connectivity index (χ1) is 12.4. The lowest BCUT2D eigenvalue weighted by molar-refractivity contribution is -0.390. The quantitative estimate of drug-likeness (QED) is 0.572. The Morgan fingerprint density at radius 2 is 1.96 bits per heavy atom. The first-order valence-electron chi connectivity index (χ1n) is 10.1. The molecule has 5 aliphatic rings. The van der Waals surface area contributed by atoms with Crippen molar-refractivity contribution in [1.29, 1.82) is 0 Å². The lowest BCUT2D eigenvalue weighted by Crippen LogP contribution is -2.80. The van der Waals surface area contributed by atoms with Crippen molar-refractivity contribution < 1.29 is 24.5 Å². The fourth-order valence-corrected chi connectivity index (χ4v) is 6.65. The Bertz CT molecular complexity index is 726. The van der Waals surface area contributed by atoms with Gasteiger partial charge >= 0.3 is 5.97 Å². The van der Waals surface area contributed by atoms with Gasteiger partial charge in [0.25, 0.3) is 0 Å². The number of allylic oxidation sites excluding steroid dienone is 2. The molecule has 27 heavy (non-hydrogen) atoms. The Balaban J connectivity index is 1.97. The van der Waals surface area contributed by atoms with E-state index in [9.17, 15) is 15.0 Å². The number of hydrogen-bond donors (Lipinski definition) is 2. The van der Waals surface area contributed by atoms with Gasteiger partial charge in [0.1, 0.15) is 0 Å². The van der Waals surface area contributed by atoms with Gasteiger partial charge in [0.2, 0.25) is 5.79 Å². The Morgan fingerprint density at radius 3 is 2.59 bits per heavy atom. The normalized spacial score (nSPS) is 50.2. The van der Waals surface area contributed by atoms with Gasteiger partial charge in [0.05, 0.1) is 12.2 Å². The second-order valence-electron chi connectivity index (χ2n) is 10.1. The molecule has 2 heterocycles. The van der Waals surface area contributed by atoms with Crippen LogP contribution in [0.2, 0.25) is 0 Å². The van der Waals surface area contributed by atoms with Gasteiger partial charge in [-0.3, -0.25) is 4.79 Å². The van der Waals surface area contributed by atoms with Gasteiger partial charge in [-0.1, -0.05) is 39.3 Å². The summed E-state index contributed by atoms with van der Waals surface area (Å²) >= 11 is 0. The van der Waals surface area contributed by atoms with E-state index in [0.717, 1.165) is 25.7 Å². The SMILES string of the molecule is C=C[C@]1(C)C=C2[C@](O)(CC1)[C@@]13CCCC(C)(C)[C@@H]1[C@@H](OC(C)=O)[C@]2(O)OC3. The van der Waals surface area contributed by atoms with Gasteiger partial charge in [-0.05, 0) is 31.1 Å². The molecular weight excluding hydrogens is 344 g/mol. The molecule has 2 aliphatic heterocycles. The molecule has 0 radical (unpaired) electrons. The minimum Gasteiger partial charge on any atom is -0.456 e. The summed E-state index contributed by atoms with van der Waals surface area (Å²) in [6, 6.07) is 0. The average Bonchev–Trinajstić information content (AvgIpc) is 2.58. The van der Waals surface area contributed by atoms with Crippen LogP contribution in [0.3, 0.4) is 0 Å². The lowest BCUT2D eigenvalue weighted by atomic mass is 9.40. The molecule has 0 aromatic rings. The Kier molecular flexibility index (Phi) is 3.87. The summed E-state index contributed by atoms with van der Waals surface area (Å²) < 4.78 is 11.8. The second kappa shape index (κ2) is 5.46. The number of rotatable bonds is 2. The zero-order valence-corrected chi connectivity index (χ0v) is 16.9. The van der Waals surface area contributed by atoms with Crippen LogP contribution in [0.15, 0.2) is 24.3 Å². The average molecular weight is 376 g/mol. The molecule has 5 nitrogen and oxygen atoms in total. The third-order valence-electron chi connectivity index (χ3n) is 8.03. The molecule has 5 heteroatoms. The molecular formula is C22H32O5. The second-order valence-corrected chi connectivity index (χ2v) is 10.1. The van der Waals surface area contributed by atoms with E-state index >= 15 is 0 Å². The van der Waals surface area contributed by atoms with E-state index < -0.39 is 28.9 Å². The van der Waals surface area contributed by atoms with Crippen LogP contribution in [0, 0.1) is 22.2 Å². The summed E-state index contributed by atoms with van der Waals surface area (Å²) in [5.74, 6) is -2.41. The molecule has 150 valence electrons. The Morgan fingerprint density at radius 1 is 1.26 bits per heavy atom. The maximum atomic E-state index is 12.1. The number of carbonyl (C=O) groups excluding carboxylic acids is 1. The summed E-state index contributed by atoms with van der Waals surface area (Å²) in [5, 5.41) is 23.8. The maximum Gasteiger partial charge on any atom is 0.303 e. The van der Waals surface area contributed by atoms with Gasteiger partial charge in [-0.25, -0.2) is 0 Å². The van der Waals surface area contributed by atoms with E-state index in [0.29, 0.717) is 12.0 Å². The van der Waals surface area contributed by atoms with E-state index in [1.165, 1.54) is 6.92 Å². The molecule has 2 N–H and O–H groups in total. The number of ether oxygens (including phenoxy) is 2. The zero-order valence-electron chi connectivity index (χ0n) is 16.9. The number of carbonyl (C=O) groups is 1. The molecule has 2 saturated carbocycles. The monoisotopic (exact) mass is 376 g/mol. The molecule has 0 aromatic heterocycles. The largest absolute Gasteiger partial charge is 0.456 e. The van der Waals surface area contributed by atoms with Crippen molar-refractivity contribution in [1.82, 2.24) is 0 Å². The number of hydrogen-bond acceptors (Lipinski definition) is 5. The highest BCUT2D eigenvalue weighted by Gasteiger charge is 2.78. The van der Waals surface area contributed by atoms with Crippen LogP contribution in [0.4, 0.5) is 0 Å². The fourth-order valence-electron chi connectivity index (χ4n) is 6.65. The van der Waals surface area contributed by atoms with Crippen molar-refractivity contribution in [2.45, 2.75) is 77.3 Å². The molecule has 6 atom stereocenters. The predicted octanol–water partition coefficient (Wildman–Crippen LogP) is 3.11. The zero-order chi connectivity index (χ0) is 19.9. The fraction of sp³-hybridized carbons (Fsp3) is 0.773. The lowest BCUT2D eigenvalue weighted by Gasteiger charge is -2.72. The minimum absolute atomic E-state index is 0.170. The first-order valence-corrected chi connectivity index (χ1v) is 10.1. The van der Waals surface area contributed by atoms with Gasteiger partial charge in [-0.2, -0.15) is 0 Å². The molecule has 5 rings (SSSR count). The number of aliphatic hydroxyl groups is 2. The summed E-state index contributed by atoms with van der Waals surface area (Å²) in [6.45, 7) is 11.9. The highest BCUT2D eigenvalue weighted by molar-refractivity contribution is 5.66. The van der Waals surface area contributed by atoms with Gasteiger partial charge in [0, 0.05) is 29.2 Å². The molecule has 2 saturated heterocycles. The molecule has 2 bridgehead atoms. The summed E-state index contributed by atoms with van der Waals surface area (Å²) in [4.78, 5) is 12.0. The van der Waals surface area contributed by atoms with Crippen LogP contribution < -0.4 is 0 Å². The topological polar surface area (TPSA) is 76.0 Å². The standard InChI is InChI=1S/C22H32O5/c1-6-19(5)10-11-21(24)15(12-19)22(25)17(27-14(2)23)16-18(3,4)8-7-9-20(16,21)13-26-22/h6,12,16-17,24-25H,1,7-11,13H2,2-5H3/t16-,17+,19-,20+,21+,22+/m0/s1. The smallest absolute Gasteiger partial charge is 0.303 e. The summed E-state index contributed by atoms with van der Waals surface area (Å²) in [6.07, 6.45) is 7.00. The summed E-state index contributed by atoms with van der Waals surface area (Å²) in [7, 11) is 0. The number of fused-ring (bicyclic) bond motifs is 1. The Labute approximate surface area is 161 Å². The maximum absolute atomic E-state index is 12.1. The molecule has 0 unspecified atom stereocenters. The highest BCUT2D eigenvalue weighted by Crippen LogP contribution is 2.71. The van der Waals surface area contributed by atoms with Crippen molar-refractivity contribution in [3.8, 4) is 0 Å². The van der Waals surface area contributed by atoms with Crippen molar-refractivity contribution in [2.24, 2.45) is 22.2 Å². The van der Waals surface area contributed by atoms with Crippen LogP contribution in [-0.2, 0) is 14.3 Å². The summed E-state index contributed by atoms with van der Waals surface area (Å²) in [5.41, 5.74) is -1.77. The van der Waals surface area contributed by atoms with Gasteiger partial charge in [0.15, 0.2) is 6.10 Å². The van der Waals surface area contributed by atoms with Crippen molar-refractivity contribution in [3.05, 3.63) is 24.3 Å². The van der Waals surface area contributed by atoms with Crippen LogP contribution in [0.1, 0.15) is 59.8 Å². The van der Waals surface area contributed by atoms with E-state index in [2.05, 4.69) is 20.4 Å². The van der Waals surface area contributed by atoms with Gasteiger partial charge in [-0.15, -0.1) is 6.58 Å². The van der Waals surface area contributed by atoms with Crippen LogP contribution in [0.25, 0.3) is 0 Å². The van der Waals surface area contributed by atoms with E-state index in [1.807, 2.05) is 19.1 Å². The van der Waals surface area contributed by atoms with E-state index in [1.54, 1.807) is 0 Å². The molecule has 3 aliphatic carbocycles. The van der Waals surface area contributed by atoms with Crippen LogP contribution in [-0.4, -0.2) is 40.3 Å². The molecule has 1 spiro atoms. The van der Waals surface area contributed by atoms with Gasteiger partial charge < -0.3 is 19.7 Å². The molecule has 4 fully saturated rings. The third-order valence-corrected chi connectivity index (χ3v) is 8.03. The van der Waals surface area contributed by atoms with Crippen LogP contribution in [0.5, 0.6) is 0 Å².